The van der Waals surface area contributed by atoms with Crippen molar-refractivity contribution in [2.45, 2.75) is 44.5 Å². The van der Waals surface area contributed by atoms with Crippen LogP contribution in [-0.4, -0.2) is 43.9 Å². The van der Waals surface area contributed by atoms with Crippen LogP contribution in [0.3, 0.4) is 0 Å². The van der Waals surface area contributed by atoms with Gasteiger partial charge in [-0.25, -0.2) is 0 Å². The molecule has 1 heterocycles. The zero-order valence-electron chi connectivity index (χ0n) is 9.11. The van der Waals surface area contributed by atoms with Gasteiger partial charge in [-0.3, -0.25) is 4.79 Å². The van der Waals surface area contributed by atoms with Crippen LogP contribution in [0.25, 0.3) is 0 Å². The second-order valence-corrected chi connectivity index (χ2v) is 4.12. The van der Waals surface area contributed by atoms with E-state index in [9.17, 15) is 4.79 Å². The molecule has 1 saturated carbocycles. The molecular formula is C11H18O4. The first-order valence-corrected chi connectivity index (χ1v) is 5.68. The Balaban J connectivity index is 1.74. The van der Waals surface area contributed by atoms with Crippen molar-refractivity contribution < 1.29 is 19.0 Å². The van der Waals surface area contributed by atoms with Crippen LogP contribution in [0.1, 0.15) is 26.2 Å². The summed E-state index contributed by atoms with van der Waals surface area (Å²) in [4.78, 5) is 11.3. The fourth-order valence-corrected chi connectivity index (χ4v) is 1.90. The van der Waals surface area contributed by atoms with Crippen LogP contribution in [-0.2, 0) is 19.0 Å². The van der Waals surface area contributed by atoms with E-state index in [-0.39, 0.29) is 24.1 Å². The average molecular weight is 214 g/mol. The minimum absolute atomic E-state index is 0.0317. The fourth-order valence-electron chi connectivity index (χ4n) is 1.90. The summed E-state index contributed by atoms with van der Waals surface area (Å²) in [6.07, 6.45) is 2.19. The summed E-state index contributed by atoms with van der Waals surface area (Å²) in [5.41, 5.74) is 0. The predicted molar refractivity (Wildman–Crippen MR) is 53.8 cm³/mol. The van der Waals surface area contributed by atoms with Crippen molar-refractivity contribution in [2.75, 3.05) is 19.8 Å². The molecular weight excluding hydrogens is 196 g/mol. The molecule has 0 aromatic rings. The average Bonchev–Trinajstić information content (AvgIpc) is 2.70. The van der Waals surface area contributed by atoms with Crippen molar-refractivity contribution in [3.05, 3.63) is 0 Å². The van der Waals surface area contributed by atoms with Crippen molar-refractivity contribution in [1.82, 2.24) is 0 Å². The molecule has 4 heteroatoms. The number of carbonyl (C=O) groups excluding carboxylic acids is 1. The summed E-state index contributed by atoms with van der Waals surface area (Å²) in [6.45, 7) is 4.10. The predicted octanol–water partition coefficient (Wildman–Crippen LogP) is 0.929. The lowest BCUT2D eigenvalue weighted by Gasteiger charge is -2.35. The van der Waals surface area contributed by atoms with Crippen molar-refractivity contribution in [1.29, 1.82) is 0 Å². The van der Waals surface area contributed by atoms with Gasteiger partial charge in [0, 0.05) is 19.6 Å². The molecule has 1 aliphatic heterocycles. The molecule has 2 rings (SSSR count). The zero-order valence-corrected chi connectivity index (χ0v) is 9.11. The highest BCUT2D eigenvalue weighted by atomic mass is 16.6. The molecule has 15 heavy (non-hydrogen) atoms. The number of rotatable bonds is 5. The Morgan fingerprint density at radius 2 is 2.40 bits per heavy atom. The summed E-state index contributed by atoms with van der Waals surface area (Å²) < 4.78 is 16.4. The Bertz CT molecular complexity index is 223. The molecule has 0 aromatic heterocycles. The van der Waals surface area contributed by atoms with E-state index in [1.165, 1.54) is 0 Å². The Hall–Kier alpha value is -0.450. The largest absolute Gasteiger partial charge is 0.379 e. The van der Waals surface area contributed by atoms with Crippen LogP contribution in [0.15, 0.2) is 0 Å². The van der Waals surface area contributed by atoms with Crippen molar-refractivity contribution in [2.24, 2.45) is 0 Å². The second-order valence-electron chi connectivity index (χ2n) is 4.12. The van der Waals surface area contributed by atoms with Crippen LogP contribution >= 0.6 is 0 Å². The summed E-state index contributed by atoms with van der Waals surface area (Å²) in [5, 5.41) is 0. The third-order valence-electron chi connectivity index (χ3n) is 2.81. The minimum atomic E-state index is -0.314. The fraction of sp³-hybridized carbons (Fsp3) is 0.909. The Morgan fingerprint density at radius 3 is 3.00 bits per heavy atom. The molecule has 0 spiro atoms. The second kappa shape index (κ2) is 5.05. The van der Waals surface area contributed by atoms with Gasteiger partial charge < -0.3 is 14.2 Å². The van der Waals surface area contributed by atoms with E-state index in [2.05, 4.69) is 0 Å². The van der Waals surface area contributed by atoms with Gasteiger partial charge in [-0.15, -0.1) is 0 Å². The topological polar surface area (TPSA) is 44.8 Å². The third-order valence-corrected chi connectivity index (χ3v) is 2.81. The van der Waals surface area contributed by atoms with Gasteiger partial charge in [0.25, 0.3) is 0 Å². The zero-order chi connectivity index (χ0) is 10.7. The summed E-state index contributed by atoms with van der Waals surface area (Å²) in [5.74, 6) is 0.173. The van der Waals surface area contributed by atoms with Gasteiger partial charge in [-0.2, -0.15) is 0 Å². The quantitative estimate of drug-likeness (QED) is 0.683. The van der Waals surface area contributed by atoms with Crippen LogP contribution in [0.5, 0.6) is 0 Å². The molecule has 86 valence electrons. The van der Waals surface area contributed by atoms with E-state index in [1.807, 2.05) is 6.92 Å². The molecule has 3 atom stereocenters. The molecule has 1 aliphatic carbocycles. The van der Waals surface area contributed by atoms with Gasteiger partial charge in [0.1, 0.15) is 6.10 Å². The number of ketones is 1. The van der Waals surface area contributed by atoms with Crippen LogP contribution < -0.4 is 0 Å². The Kier molecular flexibility index (Phi) is 3.72. The third kappa shape index (κ3) is 2.56. The molecule has 1 saturated heterocycles. The molecule has 4 nitrogen and oxygen atoms in total. The summed E-state index contributed by atoms with van der Waals surface area (Å²) in [6, 6.07) is 0. The minimum Gasteiger partial charge on any atom is -0.379 e. The first-order chi connectivity index (χ1) is 7.31. The SMILES string of the molecule is CCCOC1C(=O)CC1OC1CCOC1. The molecule has 0 amide bonds. The molecule has 0 aromatic carbocycles. The van der Waals surface area contributed by atoms with Crippen LogP contribution in [0.4, 0.5) is 0 Å². The van der Waals surface area contributed by atoms with E-state index in [0.717, 1.165) is 19.4 Å². The Morgan fingerprint density at radius 1 is 1.53 bits per heavy atom. The maximum absolute atomic E-state index is 11.3. The first kappa shape index (κ1) is 11.0. The van der Waals surface area contributed by atoms with Crippen molar-refractivity contribution >= 4 is 5.78 Å². The lowest BCUT2D eigenvalue weighted by Crippen LogP contribution is -2.52. The van der Waals surface area contributed by atoms with Crippen molar-refractivity contribution in [3.8, 4) is 0 Å². The number of hydrogen-bond acceptors (Lipinski definition) is 4. The normalized spacial score (nSPS) is 35.5. The number of ether oxygens (including phenoxy) is 3. The Labute approximate surface area is 89.9 Å². The molecule has 0 radical (unpaired) electrons. The van der Waals surface area contributed by atoms with E-state index >= 15 is 0 Å². The molecule has 2 fully saturated rings. The van der Waals surface area contributed by atoms with Gasteiger partial charge in [-0.05, 0) is 12.8 Å². The standard InChI is InChI=1S/C11H18O4/c1-2-4-14-11-9(12)6-10(11)15-8-3-5-13-7-8/h8,10-11H,2-7H2,1H3. The number of hydrogen-bond donors (Lipinski definition) is 0. The van der Waals surface area contributed by atoms with Crippen molar-refractivity contribution in [3.63, 3.8) is 0 Å². The van der Waals surface area contributed by atoms with Crippen LogP contribution in [0.2, 0.25) is 0 Å². The van der Waals surface area contributed by atoms with E-state index in [4.69, 9.17) is 14.2 Å². The maximum Gasteiger partial charge on any atom is 0.166 e. The summed E-state index contributed by atoms with van der Waals surface area (Å²) >= 11 is 0. The van der Waals surface area contributed by atoms with Crippen LogP contribution in [0, 0.1) is 0 Å². The molecule has 0 N–H and O–H groups in total. The summed E-state index contributed by atoms with van der Waals surface area (Å²) in [7, 11) is 0. The van der Waals surface area contributed by atoms with Gasteiger partial charge in [0.15, 0.2) is 5.78 Å². The smallest absolute Gasteiger partial charge is 0.166 e. The maximum atomic E-state index is 11.3. The van der Waals surface area contributed by atoms with Gasteiger partial charge in [-0.1, -0.05) is 6.92 Å². The molecule has 2 aliphatic rings. The molecule has 0 bridgehead atoms. The highest BCUT2D eigenvalue weighted by Gasteiger charge is 2.43. The lowest BCUT2D eigenvalue weighted by molar-refractivity contribution is -0.173. The number of Topliss-reactive ketones (excluding diaryl/α,β-unsaturated/α-hetero) is 1. The lowest BCUT2D eigenvalue weighted by atomic mass is 9.89. The van der Waals surface area contributed by atoms with E-state index in [0.29, 0.717) is 19.6 Å². The number of carbonyl (C=O) groups is 1. The highest BCUT2D eigenvalue weighted by Crippen LogP contribution is 2.26. The van der Waals surface area contributed by atoms with Gasteiger partial charge >= 0.3 is 0 Å². The first-order valence-electron chi connectivity index (χ1n) is 5.68. The van der Waals surface area contributed by atoms with E-state index < -0.39 is 0 Å². The monoisotopic (exact) mass is 214 g/mol. The molecule has 3 unspecified atom stereocenters. The van der Waals surface area contributed by atoms with Gasteiger partial charge in [0.2, 0.25) is 0 Å². The highest BCUT2D eigenvalue weighted by molar-refractivity contribution is 5.90. The van der Waals surface area contributed by atoms with Gasteiger partial charge in [0.05, 0.1) is 18.8 Å². The van der Waals surface area contributed by atoms with E-state index in [1.54, 1.807) is 0 Å².